The van der Waals surface area contributed by atoms with E-state index in [0.29, 0.717) is 6.42 Å². The van der Waals surface area contributed by atoms with E-state index in [-0.39, 0.29) is 5.54 Å². The lowest BCUT2D eigenvalue weighted by molar-refractivity contribution is -0.108. The Morgan fingerprint density at radius 3 is 2.31 bits per heavy atom. The molecule has 13 heavy (non-hydrogen) atoms. The zero-order valence-corrected chi connectivity index (χ0v) is 7.49. The Labute approximate surface area is 77.8 Å². The Morgan fingerprint density at radius 2 is 1.85 bits per heavy atom. The summed E-state index contributed by atoms with van der Waals surface area (Å²) in [6, 6.07) is 8.22. The Hall–Kier alpha value is -1.15. The molecule has 2 rings (SSSR count). The Balaban J connectivity index is 2.26. The van der Waals surface area contributed by atoms with Gasteiger partial charge in [0.2, 0.25) is 0 Å². The summed E-state index contributed by atoms with van der Waals surface area (Å²) in [7, 11) is 0. The fourth-order valence-corrected chi connectivity index (χ4v) is 2.03. The summed E-state index contributed by atoms with van der Waals surface area (Å²) in [5.74, 6) is 0. The molecule has 0 amide bonds. The average Bonchev–Trinajstić information content (AvgIpc) is 2.40. The van der Waals surface area contributed by atoms with E-state index in [9.17, 15) is 4.79 Å². The molecule has 2 heteroatoms. The Bertz CT molecular complexity index is 308. The van der Waals surface area contributed by atoms with Crippen molar-refractivity contribution in [3.05, 3.63) is 35.4 Å². The maximum Gasteiger partial charge on any atom is 0.121 e. The van der Waals surface area contributed by atoms with E-state index in [1.54, 1.807) is 0 Å². The van der Waals surface area contributed by atoms with Gasteiger partial charge in [0.15, 0.2) is 0 Å². The van der Waals surface area contributed by atoms with Gasteiger partial charge in [-0.1, -0.05) is 24.3 Å². The molecule has 2 nitrogen and oxygen atoms in total. The van der Waals surface area contributed by atoms with Crippen LogP contribution in [0.25, 0.3) is 0 Å². The van der Waals surface area contributed by atoms with Gasteiger partial charge in [-0.15, -0.1) is 0 Å². The number of fused-ring (bicyclic) bond motifs is 1. The minimum absolute atomic E-state index is 0.314. The van der Waals surface area contributed by atoms with Crippen molar-refractivity contribution in [2.45, 2.75) is 24.8 Å². The highest BCUT2D eigenvalue weighted by Gasteiger charge is 2.32. The van der Waals surface area contributed by atoms with Crippen molar-refractivity contribution in [2.24, 2.45) is 5.73 Å². The van der Waals surface area contributed by atoms with Crippen molar-refractivity contribution in [3.63, 3.8) is 0 Å². The van der Waals surface area contributed by atoms with Gasteiger partial charge in [-0.3, -0.25) is 0 Å². The van der Waals surface area contributed by atoms with E-state index >= 15 is 0 Å². The van der Waals surface area contributed by atoms with E-state index in [0.717, 1.165) is 19.1 Å². The second-order valence-electron chi connectivity index (χ2n) is 3.86. The first kappa shape index (κ1) is 8.45. The van der Waals surface area contributed by atoms with Crippen molar-refractivity contribution in [1.82, 2.24) is 0 Å². The molecule has 0 heterocycles. The number of rotatable bonds is 2. The summed E-state index contributed by atoms with van der Waals surface area (Å²) in [6.07, 6.45) is 3.05. The minimum Gasteiger partial charge on any atom is -0.324 e. The van der Waals surface area contributed by atoms with E-state index in [1.165, 1.54) is 11.1 Å². The first-order valence-electron chi connectivity index (χ1n) is 4.53. The molecule has 0 radical (unpaired) electrons. The number of carbonyl (C=O) groups excluding carboxylic acids is 1. The van der Waals surface area contributed by atoms with Crippen LogP contribution in [0, 0.1) is 0 Å². The Kier molecular flexibility index (Phi) is 1.93. The van der Waals surface area contributed by atoms with Gasteiger partial charge in [0.25, 0.3) is 0 Å². The fraction of sp³-hybridized carbons (Fsp3) is 0.364. The standard InChI is InChI=1S/C11H13NO/c12-11(5-6-13)7-9-3-1-2-4-10(9)8-11/h1-4,6H,5,7-8,12H2. The lowest BCUT2D eigenvalue weighted by atomic mass is 9.94. The van der Waals surface area contributed by atoms with E-state index in [4.69, 9.17) is 5.73 Å². The van der Waals surface area contributed by atoms with Gasteiger partial charge in [-0.25, -0.2) is 0 Å². The molecule has 0 saturated carbocycles. The molecule has 1 aliphatic carbocycles. The molecule has 0 unspecified atom stereocenters. The predicted molar refractivity (Wildman–Crippen MR) is 51.4 cm³/mol. The molecular formula is C11H13NO. The monoisotopic (exact) mass is 175 g/mol. The maximum atomic E-state index is 10.4. The predicted octanol–water partition coefficient (Wildman–Crippen LogP) is 1.07. The molecule has 0 bridgehead atoms. The molecule has 0 spiro atoms. The van der Waals surface area contributed by atoms with E-state index in [2.05, 4.69) is 12.1 Å². The van der Waals surface area contributed by atoms with Crippen molar-refractivity contribution >= 4 is 6.29 Å². The van der Waals surface area contributed by atoms with Gasteiger partial charge < -0.3 is 10.5 Å². The van der Waals surface area contributed by atoms with Crippen molar-refractivity contribution in [3.8, 4) is 0 Å². The van der Waals surface area contributed by atoms with Crippen LogP contribution < -0.4 is 5.73 Å². The van der Waals surface area contributed by atoms with Crippen molar-refractivity contribution in [1.29, 1.82) is 0 Å². The number of hydrogen-bond donors (Lipinski definition) is 1. The normalized spacial score (nSPS) is 18.2. The van der Waals surface area contributed by atoms with Gasteiger partial charge in [0.1, 0.15) is 6.29 Å². The highest BCUT2D eigenvalue weighted by Crippen LogP contribution is 2.29. The fourth-order valence-electron chi connectivity index (χ4n) is 2.03. The minimum atomic E-state index is -0.314. The first-order valence-corrected chi connectivity index (χ1v) is 4.53. The topological polar surface area (TPSA) is 43.1 Å². The summed E-state index contributed by atoms with van der Waals surface area (Å²) < 4.78 is 0. The van der Waals surface area contributed by atoms with Gasteiger partial charge in [0, 0.05) is 12.0 Å². The van der Waals surface area contributed by atoms with Gasteiger partial charge in [0.05, 0.1) is 0 Å². The van der Waals surface area contributed by atoms with Gasteiger partial charge in [-0.05, 0) is 24.0 Å². The summed E-state index contributed by atoms with van der Waals surface area (Å²) in [4.78, 5) is 10.4. The van der Waals surface area contributed by atoms with E-state index < -0.39 is 0 Å². The molecule has 1 aliphatic rings. The molecular weight excluding hydrogens is 162 g/mol. The number of hydrogen-bond acceptors (Lipinski definition) is 2. The SMILES string of the molecule is NC1(CC=O)Cc2ccccc2C1. The third-order valence-corrected chi connectivity index (χ3v) is 2.69. The summed E-state index contributed by atoms with van der Waals surface area (Å²) in [6.45, 7) is 0. The van der Waals surface area contributed by atoms with Crippen LogP contribution >= 0.6 is 0 Å². The second kappa shape index (κ2) is 2.96. The molecule has 0 atom stereocenters. The quantitative estimate of drug-likeness (QED) is 0.683. The molecule has 0 saturated heterocycles. The molecule has 68 valence electrons. The van der Waals surface area contributed by atoms with Crippen LogP contribution in [0.2, 0.25) is 0 Å². The molecule has 2 N–H and O–H groups in total. The van der Waals surface area contributed by atoms with E-state index in [1.807, 2.05) is 12.1 Å². The van der Waals surface area contributed by atoms with Crippen LogP contribution in [0.1, 0.15) is 17.5 Å². The lowest BCUT2D eigenvalue weighted by Gasteiger charge is -2.19. The maximum absolute atomic E-state index is 10.4. The van der Waals surface area contributed by atoms with Crippen molar-refractivity contribution in [2.75, 3.05) is 0 Å². The van der Waals surface area contributed by atoms with Crippen molar-refractivity contribution < 1.29 is 4.79 Å². The lowest BCUT2D eigenvalue weighted by Crippen LogP contribution is -2.40. The van der Waals surface area contributed by atoms with Crippen LogP contribution in [0.15, 0.2) is 24.3 Å². The third-order valence-electron chi connectivity index (χ3n) is 2.69. The number of carbonyl (C=O) groups is 1. The first-order chi connectivity index (χ1) is 6.23. The zero-order chi connectivity index (χ0) is 9.31. The van der Waals surface area contributed by atoms with Crippen LogP contribution in [0.3, 0.4) is 0 Å². The average molecular weight is 175 g/mol. The number of aldehydes is 1. The van der Waals surface area contributed by atoms with Crippen LogP contribution in [0.4, 0.5) is 0 Å². The van der Waals surface area contributed by atoms with Crippen LogP contribution in [-0.2, 0) is 17.6 Å². The molecule has 0 aromatic heterocycles. The zero-order valence-electron chi connectivity index (χ0n) is 7.49. The molecule has 0 fully saturated rings. The number of benzene rings is 1. The molecule has 1 aromatic carbocycles. The summed E-state index contributed by atoms with van der Waals surface area (Å²) in [5.41, 5.74) is 8.37. The smallest absolute Gasteiger partial charge is 0.121 e. The third kappa shape index (κ3) is 1.49. The van der Waals surface area contributed by atoms with Crippen LogP contribution in [0.5, 0.6) is 0 Å². The summed E-state index contributed by atoms with van der Waals surface area (Å²) >= 11 is 0. The molecule has 1 aromatic rings. The highest BCUT2D eigenvalue weighted by molar-refractivity contribution is 5.53. The summed E-state index contributed by atoms with van der Waals surface area (Å²) in [5, 5.41) is 0. The van der Waals surface area contributed by atoms with Gasteiger partial charge >= 0.3 is 0 Å². The second-order valence-corrected chi connectivity index (χ2v) is 3.86. The Morgan fingerprint density at radius 1 is 1.31 bits per heavy atom. The van der Waals surface area contributed by atoms with Gasteiger partial charge in [-0.2, -0.15) is 0 Å². The highest BCUT2D eigenvalue weighted by atomic mass is 16.1. The largest absolute Gasteiger partial charge is 0.324 e. The number of nitrogens with two attached hydrogens (primary N) is 1. The van der Waals surface area contributed by atoms with Crippen LogP contribution in [-0.4, -0.2) is 11.8 Å². The molecule has 0 aliphatic heterocycles.